The topological polar surface area (TPSA) is 121 Å². The van der Waals surface area contributed by atoms with E-state index in [2.05, 4.69) is 39.9 Å². The van der Waals surface area contributed by atoms with Gasteiger partial charge in [0.25, 0.3) is 0 Å². The highest BCUT2D eigenvalue weighted by Crippen LogP contribution is 2.24. The first kappa shape index (κ1) is 18.1. The number of hydrogen-bond donors (Lipinski definition) is 4. The van der Waals surface area contributed by atoms with E-state index in [0.717, 1.165) is 39.0 Å². The van der Waals surface area contributed by atoms with Crippen molar-refractivity contribution in [1.82, 2.24) is 9.80 Å². The second-order valence-corrected chi connectivity index (χ2v) is 6.24. The summed E-state index contributed by atoms with van der Waals surface area (Å²) in [7, 11) is 0. The molecule has 2 rings (SSSR count). The molecule has 0 saturated heterocycles. The van der Waals surface area contributed by atoms with Gasteiger partial charge in [-0.3, -0.25) is 10.4 Å². The summed E-state index contributed by atoms with van der Waals surface area (Å²) in [6, 6.07) is 6.51. The zero-order chi connectivity index (χ0) is 17.5. The second kappa shape index (κ2) is 8.54. The van der Waals surface area contributed by atoms with Crippen LogP contribution in [-0.4, -0.2) is 47.9 Å². The van der Waals surface area contributed by atoms with Crippen molar-refractivity contribution in [3.8, 4) is 0 Å². The van der Waals surface area contributed by atoms with Crippen molar-refractivity contribution >= 4 is 11.9 Å². The molecular weight excluding hydrogens is 302 g/mol. The van der Waals surface area contributed by atoms with Gasteiger partial charge in [-0.15, -0.1) is 0 Å². The number of fused-ring (bicyclic) bond motifs is 1. The normalized spacial score (nSPS) is 12.8. The maximum absolute atomic E-state index is 8.60. The van der Waals surface area contributed by atoms with Crippen LogP contribution in [0.15, 0.2) is 23.2 Å². The molecule has 7 nitrogen and oxygen atoms in total. The fourth-order valence-corrected chi connectivity index (χ4v) is 2.95. The first-order chi connectivity index (χ1) is 11.5. The Morgan fingerprint density at radius 3 is 2.62 bits per heavy atom. The van der Waals surface area contributed by atoms with E-state index in [1.165, 1.54) is 16.7 Å². The van der Waals surface area contributed by atoms with Crippen LogP contribution in [0, 0.1) is 12.3 Å². The number of hydrogen-bond acceptors (Lipinski definition) is 3. The SMILES string of the molecule is Cc1ccc2c(c1)CN(C(=N)N(CCCN)CCCN=C(N)N)C2. The minimum absolute atomic E-state index is 0.115. The number of nitrogens with one attached hydrogen (secondary N) is 1. The van der Waals surface area contributed by atoms with Crippen molar-refractivity contribution in [3.63, 3.8) is 0 Å². The van der Waals surface area contributed by atoms with Gasteiger partial charge in [0.2, 0.25) is 0 Å². The summed E-state index contributed by atoms with van der Waals surface area (Å²) >= 11 is 0. The highest BCUT2D eigenvalue weighted by Gasteiger charge is 2.24. The van der Waals surface area contributed by atoms with E-state index in [0.29, 0.717) is 19.0 Å². The lowest BCUT2D eigenvalue weighted by Crippen LogP contribution is -2.43. The number of nitrogens with zero attached hydrogens (tertiary/aromatic N) is 3. The van der Waals surface area contributed by atoms with Crippen molar-refractivity contribution in [3.05, 3.63) is 34.9 Å². The number of aliphatic imine (C=N–C) groups is 1. The molecule has 1 aromatic rings. The summed E-state index contributed by atoms with van der Waals surface area (Å²) in [5.74, 6) is 0.672. The molecule has 0 radical (unpaired) electrons. The van der Waals surface area contributed by atoms with Crippen LogP contribution in [0.25, 0.3) is 0 Å². The van der Waals surface area contributed by atoms with Crippen LogP contribution in [-0.2, 0) is 13.1 Å². The minimum atomic E-state index is 0.115. The van der Waals surface area contributed by atoms with Crippen molar-refractivity contribution in [2.24, 2.45) is 22.2 Å². The van der Waals surface area contributed by atoms with Crippen molar-refractivity contribution < 1.29 is 0 Å². The van der Waals surface area contributed by atoms with Gasteiger partial charge >= 0.3 is 0 Å². The number of guanidine groups is 2. The maximum atomic E-state index is 8.60. The molecule has 1 heterocycles. The summed E-state index contributed by atoms with van der Waals surface area (Å²) in [4.78, 5) is 8.20. The summed E-state index contributed by atoms with van der Waals surface area (Å²) in [6.45, 7) is 6.42. The third-order valence-electron chi connectivity index (χ3n) is 4.20. The van der Waals surface area contributed by atoms with E-state index >= 15 is 0 Å². The Morgan fingerprint density at radius 2 is 1.92 bits per heavy atom. The van der Waals surface area contributed by atoms with Crippen LogP contribution in [0.4, 0.5) is 0 Å². The molecule has 132 valence electrons. The lowest BCUT2D eigenvalue weighted by atomic mass is 10.1. The molecule has 0 saturated carbocycles. The highest BCUT2D eigenvalue weighted by atomic mass is 15.4. The lowest BCUT2D eigenvalue weighted by Gasteiger charge is -2.30. The first-order valence-corrected chi connectivity index (χ1v) is 8.43. The smallest absolute Gasteiger partial charge is 0.194 e. The molecule has 24 heavy (non-hydrogen) atoms. The van der Waals surface area contributed by atoms with E-state index < -0.39 is 0 Å². The third-order valence-corrected chi connectivity index (χ3v) is 4.20. The molecule has 7 N–H and O–H groups in total. The molecule has 0 unspecified atom stereocenters. The van der Waals surface area contributed by atoms with Crippen molar-refractivity contribution in [2.45, 2.75) is 32.9 Å². The molecule has 7 heteroatoms. The Balaban J connectivity index is 1.96. The fourth-order valence-electron chi connectivity index (χ4n) is 2.95. The predicted molar refractivity (Wildman–Crippen MR) is 98.7 cm³/mol. The summed E-state index contributed by atoms with van der Waals surface area (Å²) in [6.07, 6.45) is 1.68. The van der Waals surface area contributed by atoms with E-state index in [4.69, 9.17) is 22.6 Å². The molecule has 0 bridgehead atoms. The van der Waals surface area contributed by atoms with Crippen LogP contribution >= 0.6 is 0 Å². The van der Waals surface area contributed by atoms with Gasteiger partial charge < -0.3 is 27.0 Å². The Hall–Kier alpha value is -2.28. The Labute approximate surface area is 144 Å². The Kier molecular flexibility index (Phi) is 6.43. The molecule has 1 aliphatic rings. The van der Waals surface area contributed by atoms with Gasteiger partial charge in [0.1, 0.15) is 0 Å². The van der Waals surface area contributed by atoms with Crippen LogP contribution < -0.4 is 17.2 Å². The Bertz CT molecular complexity index is 593. The molecule has 0 amide bonds. The lowest BCUT2D eigenvalue weighted by molar-refractivity contribution is 0.313. The van der Waals surface area contributed by atoms with Gasteiger partial charge in [-0.1, -0.05) is 23.8 Å². The van der Waals surface area contributed by atoms with Gasteiger partial charge in [0.15, 0.2) is 11.9 Å². The van der Waals surface area contributed by atoms with E-state index in [-0.39, 0.29) is 5.96 Å². The number of benzene rings is 1. The zero-order valence-electron chi connectivity index (χ0n) is 14.5. The first-order valence-electron chi connectivity index (χ1n) is 8.43. The van der Waals surface area contributed by atoms with Crippen LogP contribution in [0.3, 0.4) is 0 Å². The monoisotopic (exact) mass is 331 g/mol. The molecule has 0 aromatic heterocycles. The van der Waals surface area contributed by atoms with Crippen LogP contribution in [0.5, 0.6) is 0 Å². The van der Waals surface area contributed by atoms with Crippen LogP contribution in [0.2, 0.25) is 0 Å². The zero-order valence-corrected chi connectivity index (χ0v) is 14.5. The molecular formula is C17H29N7. The summed E-state index contributed by atoms with van der Waals surface area (Å²) in [5, 5.41) is 8.60. The largest absolute Gasteiger partial charge is 0.370 e. The average molecular weight is 331 g/mol. The number of aryl methyl sites for hydroxylation is 1. The van der Waals surface area contributed by atoms with Crippen LogP contribution in [0.1, 0.15) is 29.5 Å². The Morgan fingerprint density at radius 1 is 1.21 bits per heavy atom. The standard InChI is InChI=1S/C17H29N7/c1-13-4-5-14-11-24(12-15(14)10-13)17(21)23(8-2-6-18)9-3-7-22-16(19)20/h4-5,10,21H,2-3,6-9,11-12,18H2,1H3,(H4,19,20,22). The van der Waals surface area contributed by atoms with Crippen molar-refractivity contribution in [1.29, 1.82) is 5.41 Å². The maximum Gasteiger partial charge on any atom is 0.194 e. The fraction of sp³-hybridized carbons (Fsp3) is 0.529. The molecule has 1 aliphatic heterocycles. The van der Waals surface area contributed by atoms with E-state index in [1.54, 1.807) is 0 Å². The minimum Gasteiger partial charge on any atom is -0.370 e. The number of nitrogens with two attached hydrogens (primary N) is 3. The van der Waals surface area contributed by atoms with Gasteiger partial charge in [0.05, 0.1) is 0 Å². The molecule has 0 fully saturated rings. The quantitative estimate of drug-likeness (QED) is 0.330. The number of rotatable bonds is 7. The summed E-state index contributed by atoms with van der Waals surface area (Å²) < 4.78 is 0. The van der Waals surface area contributed by atoms with Gasteiger partial charge in [0, 0.05) is 32.7 Å². The van der Waals surface area contributed by atoms with E-state index in [1.807, 2.05) is 0 Å². The van der Waals surface area contributed by atoms with Gasteiger partial charge in [-0.05, 0) is 37.4 Å². The average Bonchev–Trinajstić information content (AvgIpc) is 2.96. The predicted octanol–water partition coefficient (Wildman–Crippen LogP) is 0.560. The van der Waals surface area contributed by atoms with Crippen molar-refractivity contribution in [2.75, 3.05) is 26.2 Å². The summed E-state index contributed by atoms with van der Waals surface area (Å²) in [5.41, 5.74) is 20.3. The molecule has 1 aromatic carbocycles. The van der Waals surface area contributed by atoms with Gasteiger partial charge in [-0.2, -0.15) is 0 Å². The second-order valence-electron chi connectivity index (χ2n) is 6.24. The van der Waals surface area contributed by atoms with Gasteiger partial charge in [-0.25, -0.2) is 0 Å². The molecule has 0 atom stereocenters. The van der Waals surface area contributed by atoms with E-state index in [9.17, 15) is 0 Å². The molecule has 0 spiro atoms. The third kappa shape index (κ3) is 4.86. The highest BCUT2D eigenvalue weighted by molar-refractivity contribution is 5.78. The molecule has 0 aliphatic carbocycles.